The molecule has 1 amide bonds. The number of ether oxygens (including phenoxy) is 3. The van der Waals surface area contributed by atoms with Gasteiger partial charge in [0.2, 0.25) is 5.90 Å². The minimum absolute atomic E-state index is 0.0113. The number of rotatable bonds is 14. The lowest BCUT2D eigenvalue weighted by Gasteiger charge is -2.31. The first kappa shape index (κ1) is 34.8. The van der Waals surface area contributed by atoms with Gasteiger partial charge in [-0.1, -0.05) is 35.4 Å². The molecular weight excluding hydrogens is 614 g/mol. The van der Waals surface area contributed by atoms with Gasteiger partial charge >= 0.3 is 5.97 Å². The van der Waals surface area contributed by atoms with Crippen molar-refractivity contribution in [3.8, 4) is 5.75 Å². The Morgan fingerprint density at radius 2 is 1.87 bits per heavy atom. The molecule has 4 rings (SSSR count). The Labute approximate surface area is 270 Å². The van der Waals surface area contributed by atoms with E-state index in [4.69, 9.17) is 24.3 Å². The third kappa shape index (κ3) is 9.03. The lowest BCUT2D eigenvalue weighted by Crippen LogP contribution is -2.52. The van der Waals surface area contributed by atoms with Crippen LogP contribution < -0.4 is 15.6 Å². The minimum Gasteiger partial charge on any atom is -0.494 e. The van der Waals surface area contributed by atoms with Gasteiger partial charge in [-0.3, -0.25) is 15.0 Å². The first-order valence-electron chi connectivity index (χ1n) is 14.9. The van der Waals surface area contributed by atoms with Crippen LogP contribution in [0.1, 0.15) is 62.8 Å². The number of hydrazine groups is 1. The quantitative estimate of drug-likeness (QED) is 0.0490. The van der Waals surface area contributed by atoms with E-state index >= 15 is 0 Å². The van der Waals surface area contributed by atoms with E-state index in [1.54, 1.807) is 69.3 Å². The molecule has 0 saturated heterocycles. The molecule has 0 bridgehead atoms. The number of hydrogen-bond acceptors (Lipinski definition) is 9. The van der Waals surface area contributed by atoms with Gasteiger partial charge in [0.15, 0.2) is 11.6 Å². The predicted octanol–water partition coefficient (Wildman–Crippen LogP) is 5.87. The fourth-order valence-corrected chi connectivity index (χ4v) is 4.87. The molecule has 0 fully saturated rings. The van der Waals surface area contributed by atoms with E-state index in [9.17, 15) is 23.9 Å². The molecule has 248 valence electrons. The third-order valence-corrected chi connectivity index (χ3v) is 7.03. The summed E-state index contributed by atoms with van der Waals surface area (Å²) in [4.78, 5) is 34.8. The number of aliphatic hydroxyl groups excluding tert-OH is 1. The van der Waals surface area contributed by atoms with Crippen LogP contribution in [0.4, 0.5) is 14.5 Å². The summed E-state index contributed by atoms with van der Waals surface area (Å²) < 4.78 is 45.2. The number of nitrogens with one attached hydrogen (secondary N) is 2. The van der Waals surface area contributed by atoms with Gasteiger partial charge in [0, 0.05) is 59.3 Å². The molecule has 0 radical (unpaired) electrons. The van der Waals surface area contributed by atoms with E-state index in [2.05, 4.69) is 20.9 Å². The Bertz CT molecular complexity index is 1660. The summed E-state index contributed by atoms with van der Waals surface area (Å²) in [7, 11) is 0. The number of nitrogens with zero attached hydrogens (tertiary/aromatic N) is 4. The molecule has 3 aromatic rings. The normalized spacial score (nSPS) is 17.2. The van der Waals surface area contributed by atoms with Crippen LogP contribution in [0.15, 0.2) is 76.8 Å². The Balaban J connectivity index is 1.74. The monoisotopic (exact) mass is 650 g/mol. The van der Waals surface area contributed by atoms with Gasteiger partial charge in [0.25, 0.3) is 5.91 Å². The average Bonchev–Trinajstić information content (AvgIpc) is 3.42. The van der Waals surface area contributed by atoms with E-state index in [0.717, 1.165) is 12.1 Å². The highest BCUT2D eigenvalue weighted by molar-refractivity contribution is 6.01. The molecule has 0 saturated carbocycles. The van der Waals surface area contributed by atoms with E-state index in [1.165, 1.54) is 6.07 Å². The van der Waals surface area contributed by atoms with Crippen LogP contribution in [0, 0.1) is 11.6 Å². The second-order valence-electron chi connectivity index (χ2n) is 11.7. The van der Waals surface area contributed by atoms with Gasteiger partial charge in [-0.25, -0.2) is 19.2 Å². The summed E-state index contributed by atoms with van der Waals surface area (Å²) in [5.74, 6) is -2.26. The fraction of sp³-hybridized carbons (Fsp3) is 0.364. The molecule has 0 aliphatic carbocycles. The van der Waals surface area contributed by atoms with Crippen molar-refractivity contribution in [1.29, 1.82) is 0 Å². The Morgan fingerprint density at radius 1 is 1.13 bits per heavy atom. The van der Waals surface area contributed by atoms with E-state index in [-0.39, 0.29) is 43.1 Å². The van der Waals surface area contributed by atoms with Crippen LogP contribution in [-0.2, 0) is 25.6 Å². The van der Waals surface area contributed by atoms with Crippen molar-refractivity contribution in [2.24, 2.45) is 10.1 Å². The van der Waals surface area contributed by atoms with Crippen LogP contribution in [-0.4, -0.2) is 47.2 Å². The van der Waals surface area contributed by atoms with E-state index in [1.807, 2.05) is 0 Å². The number of hydrogen-bond donors (Lipinski definition) is 3. The standard InChI is InChI=1S/C33H36F2N6O6/c1-32(2,3)47-28(43)15-16-33(31(44)40-37-20-22-9-12-23(34)19-26(22)35)29(25-7-4-5-8-27(25)39-41-36)46-30(38-33)21-10-13-24(14-11-21)45-18-6-17-42/h4-5,7-14,19,29,37,42H,6,15-18,20H2,1-3H3,(H,40,44)/t29-,33-/m0/s1. The highest BCUT2D eigenvalue weighted by Gasteiger charge is 2.54. The van der Waals surface area contributed by atoms with Crippen molar-refractivity contribution in [3.63, 3.8) is 0 Å². The Hall–Kier alpha value is -5.04. The van der Waals surface area contributed by atoms with Crippen molar-refractivity contribution < 1.29 is 37.7 Å². The van der Waals surface area contributed by atoms with Crippen LogP contribution in [0.2, 0.25) is 0 Å². The summed E-state index contributed by atoms with van der Waals surface area (Å²) in [6, 6.07) is 16.3. The number of esters is 1. The maximum absolute atomic E-state index is 14.3. The molecule has 3 N–H and O–H groups in total. The molecule has 0 unspecified atom stereocenters. The zero-order valence-electron chi connectivity index (χ0n) is 26.2. The molecule has 1 aliphatic heterocycles. The number of amides is 1. The summed E-state index contributed by atoms with van der Waals surface area (Å²) >= 11 is 0. The molecule has 0 spiro atoms. The number of aliphatic hydroxyl groups is 1. The number of azide groups is 1. The van der Waals surface area contributed by atoms with Gasteiger partial charge in [-0.2, -0.15) is 0 Å². The first-order chi connectivity index (χ1) is 22.5. The van der Waals surface area contributed by atoms with Crippen LogP contribution in [0.3, 0.4) is 0 Å². The average molecular weight is 651 g/mol. The van der Waals surface area contributed by atoms with Crippen molar-refractivity contribution in [1.82, 2.24) is 10.9 Å². The molecule has 47 heavy (non-hydrogen) atoms. The van der Waals surface area contributed by atoms with Gasteiger partial charge in [-0.15, -0.1) is 0 Å². The third-order valence-electron chi connectivity index (χ3n) is 7.03. The smallest absolute Gasteiger partial charge is 0.306 e. The van der Waals surface area contributed by atoms with Gasteiger partial charge in [-0.05, 0) is 63.1 Å². The van der Waals surface area contributed by atoms with Crippen LogP contribution in [0.5, 0.6) is 5.75 Å². The lowest BCUT2D eigenvalue weighted by molar-refractivity contribution is -0.155. The Kier molecular flexibility index (Phi) is 11.5. The summed E-state index contributed by atoms with van der Waals surface area (Å²) in [5.41, 5.74) is 13.0. The molecule has 0 aromatic heterocycles. The number of halogens is 2. The molecule has 14 heteroatoms. The van der Waals surface area contributed by atoms with Crippen molar-refractivity contribution in [2.45, 2.75) is 63.8 Å². The van der Waals surface area contributed by atoms with Crippen molar-refractivity contribution in [3.05, 3.63) is 105 Å². The minimum atomic E-state index is -1.82. The van der Waals surface area contributed by atoms with Crippen molar-refractivity contribution in [2.75, 3.05) is 13.2 Å². The molecular formula is C33H36F2N6O6. The molecule has 2 atom stereocenters. The predicted molar refractivity (Wildman–Crippen MR) is 168 cm³/mol. The van der Waals surface area contributed by atoms with E-state index in [0.29, 0.717) is 29.9 Å². The van der Waals surface area contributed by atoms with Crippen molar-refractivity contribution >= 4 is 23.5 Å². The molecule has 1 aliphatic rings. The first-order valence-corrected chi connectivity index (χ1v) is 14.9. The maximum Gasteiger partial charge on any atom is 0.306 e. The molecule has 1 heterocycles. The second kappa shape index (κ2) is 15.5. The number of aliphatic imine (C=N–C) groups is 1. The van der Waals surface area contributed by atoms with E-state index < -0.39 is 40.8 Å². The lowest BCUT2D eigenvalue weighted by atomic mass is 9.83. The largest absolute Gasteiger partial charge is 0.494 e. The highest BCUT2D eigenvalue weighted by Crippen LogP contribution is 2.46. The van der Waals surface area contributed by atoms with Gasteiger partial charge in [0.1, 0.15) is 23.0 Å². The highest BCUT2D eigenvalue weighted by atomic mass is 19.1. The maximum atomic E-state index is 14.3. The zero-order chi connectivity index (χ0) is 34.0. The number of carbonyl (C=O) groups excluding carboxylic acids is 2. The SMILES string of the molecule is CC(C)(C)OC(=O)CC[C@]1(C(=O)NNCc2ccc(F)cc2F)N=C(c2ccc(OCCCO)cc2)O[C@H]1c1ccccc1N=[N+]=[N-]. The summed E-state index contributed by atoms with van der Waals surface area (Å²) in [6.45, 7) is 5.26. The second-order valence-corrected chi connectivity index (χ2v) is 11.7. The number of carbonyl (C=O) groups is 2. The fourth-order valence-electron chi connectivity index (χ4n) is 4.87. The summed E-state index contributed by atoms with van der Waals surface area (Å²) in [5, 5.41) is 12.8. The topological polar surface area (TPSA) is 167 Å². The van der Waals surface area contributed by atoms with Gasteiger partial charge in [0.05, 0.1) is 6.61 Å². The molecule has 3 aromatic carbocycles. The van der Waals surface area contributed by atoms with Crippen LogP contribution >= 0.6 is 0 Å². The molecule has 12 nitrogen and oxygen atoms in total. The summed E-state index contributed by atoms with van der Waals surface area (Å²) in [6.07, 6.45) is -1.16. The number of benzene rings is 3. The van der Waals surface area contributed by atoms with Gasteiger partial charge < -0.3 is 19.3 Å². The van der Waals surface area contributed by atoms with Crippen LogP contribution in [0.25, 0.3) is 10.4 Å². The Morgan fingerprint density at radius 3 is 2.55 bits per heavy atom. The zero-order valence-corrected chi connectivity index (χ0v) is 26.2.